The van der Waals surface area contributed by atoms with Gasteiger partial charge in [0, 0.05) is 30.7 Å². The number of carboxylic acid groups (broad SMARTS) is 1. The zero-order chi connectivity index (χ0) is 18.3. The van der Waals surface area contributed by atoms with Crippen LogP contribution in [0.1, 0.15) is 44.6 Å². The van der Waals surface area contributed by atoms with Crippen LogP contribution in [0.5, 0.6) is 5.75 Å². The van der Waals surface area contributed by atoms with Gasteiger partial charge in [-0.1, -0.05) is 0 Å². The van der Waals surface area contributed by atoms with Gasteiger partial charge in [0.05, 0.1) is 24.4 Å². The van der Waals surface area contributed by atoms with Crippen LogP contribution in [0, 0.1) is 5.41 Å². The Hall–Kier alpha value is -2.44. The number of likely N-dealkylation sites (tertiary alicyclic amines) is 1. The summed E-state index contributed by atoms with van der Waals surface area (Å²) in [5, 5.41) is 14.9. The number of carbonyl (C=O) groups is 1. The molecule has 2 fully saturated rings. The van der Waals surface area contributed by atoms with Gasteiger partial charge in [-0.15, -0.1) is 0 Å². The van der Waals surface area contributed by atoms with E-state index in [0.29, 0.717) is 36.0 Å². The van der Waals surface area contributed by atoms with Gasteiger partial charge in [0.25, 0.3) is 0 Å². The van der Waals surface area contributed by atoms with Crippen molar-refractivity contribution in [2.45, 2.75) is 44.6 Å². The lowest BCUT2D eigenvalue weighted by molar-refractivity contribution is 0.0518. The molecule has 2 heterocycles. The largest absolute Gasteiger partial charge is 0.495 e. The molecule has 1 saturated heterocycles. The topological polar surface area (TPSA) is 93.6 Å². The number of benzene rings is 1. The van der Waals surface area contributed by atoms with Crippen molar-refractivity contribution < 1.29 is 14.6 Å². The molecule has 0 atom stereocenters. The molecule has 7 nitrogen and oxygen atoms in total. The van der Waals surface area contributed by atoms with E-state index in [2.05, 4.69) is 10.9 Å². The Labute approximate surface area is 152 Å². The average molecular weight is 358 g/mol. The second-order valence-corrected chi connectivity index (χ2v) is 7.76. The summed E-state index contributed by atoms with van der Waals surface area (Å²) in [6, 6.07) is 4.22. The van der Waals surface area contributed by atoms with E-state index in [1.54, 1.807) is 12.0 Å². The molecule has 1 aromatic heterocycles. The molecule has 1 spiro atoms. The predicted octanol–water partition coefficient (Wildman–Crippen LogP) is 3.50. The molecule has 2 aliphatic rings. The van der Waals surface area contributed by atoms with Crippen molar-refractivity contribution in [3.63, 3.8) is 0 Å². The summed E-state index contributed by atoms with van der Waals surface area (Å²) < 4.78 is 7.37. The van der Waals surface area contributed by atoms with Crippen LogP contribution in [0.15, 0.2) is 18.3 Å². The number of amides is 1. The van der Waals surface area contributed by atoms with Crippen molar-refractivity contribution in [1.82, 2.24) is 14.7 Å². The third kappa shape index (κ3) is 2.95. The Morgan fingerprint density at radius 3 is 2.58 bits per heavy atom. The van der Waals surface area contributed by atoms with E-state index in [4.69, 9.17) is 20.7 Å². The standard InChI is InChI=1S/C19H26N4O3/c1-26-17-11-16-13(10-15(17)20)12-23(21-16)14-2-4-19(5-3-14)6-8-22(9-7-19)18(24)25/h10-12,14H,2-9,20H2,1H3,(H,24,25). The minimum atomic E-state index is -0.786. The summed E-state index contributed by atoms with van der Waals surface area (Å²) in [5.41, 5.74) is 7.87. The molecule has 2 aromatic rings. The monoisotopic (exact) mass is 358 g/mol. The molecule has 0 unspecified atom stereocenters. The first kappa shape index (κ1) is 17.0. The molecule has 7 heteroatoms. The van der Waals surface area contributed by atoms with Gasteiger partial charge in [-0.25, -0.2) is 4.79 Å². The fraction of sp³-hybridized carbons (Fsp3) is 0.579. The Kier molecular flexibility index (Phi) is 4.17. The number of nitrogen functional groups attached to an aromatic ring is 1. The van der Waals surface area contributed by atoms with Gasteiger partial charge in [-0.3, -0.25) is 4.68 Å². The fourth-order valence-corrected chi connectivity index (χ4v) is 4.60. The highest BCUT2D eigenvalue weighted by Crippen LogP contribution is 2.47. The van der Waals surface area contributed by atoms with Crippen molar-refractivity contribution in [2.75, 3.05) is 25.9 Å². The van der Waals surface area contributed by atoms with Crippen LogP contribution in [0.2, 0.25) is 0 Å². The van der Waals surface area contributed by atoms with E-state index < -0.39 is 6.09 Å². The molecular weight excluding hydrogens is 332 g/mol. The molecule has 26 heavy (non-hydrogen) atoms. The number of nitrogens with zero attached hydrogens (tertiary/aromatic N) is 3. The zero-order valence-corrected chi connectivity index (χ0v) is 15.1. The molecule has 1 aromatic carbocycles. The smallest absolute Gasteiger partial charge is 0.407 e. The molecule has 1 aliphatic carbocycles. The van der Waals surface area contributed by atoms with Crippen molar-refractivity contribution in [3.05, 3.63) is 18.3 Å². The van der Waals surface area contributed by atoms with Crippen LogP contribution in [0.3, 0.4) is 0 Å². The van der Waals surface area contributed by atoms with E-state index in [-0.39, 0.29) is 0 Å². The van der Waals surface area contributed by atoms with Gasteiger partial charge in [-0.2, -0.15) is 5.10 Å². The summed E-state index contributed by atoms with van der Waals surface area (Å²) in [5.74, 6) is 0.663. The molecule has 140 valence electrons. The SMILES string of the molecule is COc1cc2nn(C3CCC4(CC3)CCN(C(=O)O)CC4)cc2cc1N. The Balaban J connectivity index is 1.45. The van der Waals surface area contributed by atoms with Gasteiger partial charge >= 0.3 is 6.09 Å². The second-order valence-electron chi connectivity index (χ2n) is 7.76. The van der Waals surface area contributed by atoms with E-state index in [1.807, 2.05) is 12.1 Å². The van der Waals surface area contributed by atoms with Crippen LogP contribution < -0.4 is 10.5 Å². The van der Waals surface area contributed by atoms with Crippen LogP contribution >= 0.6 is 0 Å². The van der Waals surface area contributed by atoms with Gasteiger partial charge in [0.2, 0.25) is 0 Å². The van der Waals surface area contributed by atoms with Gasteiger partial charge < -0.3 is 20.5 Å². The Morgan fingerprint density at radius 1 is 1.27 bits per heavy atom. The Morgan fingerprint density at radius 2 is 1.96 bits per heavy atom. The molecule has 3 N–H and O–H groups in total. The average Bonchev–Trinajstić information content (AvgIpc) is 3.04. The number of piperidine rings is 1. The maximum Gasteiger partial charge on any atom is 0.407 e. The van der Waals surface area contributed by atoms with Crippen LogP contribution in [-0.4, -0.2) is 46.1 Å². The molecular formula is C19H26N4O3. The lowest BCUT2D eigenvalue weighted by atomic mass is 9.67. The normalized spacial score (nSPS) is 20.6. The van der Waals surface area contributed by atoms with Crippen LogP contribution in [0.4, 0.5) is 10.5 Å². The highest BCUT2D eigenvalue weighted by Gasteiger charge is 2.39. The number of ether oxygens (including phenoxy) is 1. The summed E-state index contributed by atoms with van der Waals surface area (Å²) >= 11 is 0. The molecule has 1 saturated carbocycles. The van der Waals surface area contributed by atoms with Crippen molar-refractivity contribution in [1.29, 1.82) is 0 Å². The number of anilines is 1. The van der Waals surface area contributed by atoms with Crippen molar-refractivity contribution in [3.8, 4) is 5.75 Å². The van der Waals surface area contributed by atoms with Crippen LogP contribution in [0.25, 0.3) is 10.9 Å². The number of methoxy groups -OCH3 is 1. The first-order valence-corrected chi connectivity index (χ1v) is 9.30. The van der Waals surface area contributed by atoms with Gasteiger partial charge in [0.1, 0.15) is 5.75 Å². The third-order valence-corrected chi connectivity index (χ3v) is 6.36. The lowest BCUT2D eigenvalue weighted by Gasteiger charge is -2.45. The predicted molar refractivity (Wildman–Crippen MR) is 99.5 cm³/mol. The van der Waals surface area contributed by atoms with E-state index >= 15 is 0 Å². The summed E-state index contributed by atoms with van der Waals surface area (Å²) in [6.07, 6.45) is 7.75. The highest BCUT2D eigenvalue weighted by atomic mass is 16.5. The first-order chi connectivity index (χ1) is 12.5. The zero-order valence-electron chi connectivity index (χ0n) is 15.1. The molecule has 4 rings (SSSR count). The van der Waals surface area contributed by atoms with Gasteiger partial charge in [-0.05, 0) is 50.0 Å². The molecule has 1 aliphatic heterocycles. The van der Waals surface area contributed by atoms with E-state index in [1.165, 1.54) is 0 Å². The summed E-state index contributed by atoms with van der Waals surface area (Å²) in [6.45, 7) is 1.34. The fourth-order valence-electron chi connectivity index (χ4n) is 4.60. The summed E-state index contributed by atoms with van der Waals surface area (Å²) in [7, 11) is 1.62. The second kappa shape index (κ2) is 6.37. The number of hydrogen-bond acceptors (Lipinski definition) is 4. The van der Waals surface area contributed by atoms with E-state index in [0.717, 1.165) is 49.4 Å². The van der Waals surface area contributed by atoms with Crippen LogP contribution in [-0.2, 0) is 0 Å². The lowest BCUT2D eigenvalue weighted by Crippen LogP contribution is -2.44. The maximum absolute atomic E-state index is 11.1. The highest BCUT2D eigenvalue weighted by molar-refractivity contribution is 5.84. The van der Waals surface area contributed by atoms with Gasteiger partial charge in [0.15, 0.2) is 0 Å². The number of fused-ring (bicyclic) bond motifs is 1. The quantitative estimate of drug-likeness (QED) is 0.801. The minimum absolute atomic E-state index is 0.322. The molecule has 1 amide bonds. The number of hydrogen-bond donors (Lipinski definition) is 2. The summed E-state index contributed by atoms with van der Waals surface area (Å²) in [4.78, 5) is 12.7. The number of rotatable bonds is 2. The first-order valence-electron chi connectivity index (χ1n) is 9.30. The number of aromatic nitrogens is 2. The number of nitrogens with two attached hydrogens (primary N) is 1. The van der Waals surface area contributed by atoms with Crippen molar-refractivity contribution >= 4 is 22.7 Å². The molecule has 0 bridgehead atoms. The van der Waals surface area contributed by atoms with Crippen molar-refractivity contribution in [2.24, 2.45) is 5.41 Å². The maximum atomic E-state index is 11.1. The minimum Gasteiger partial charge on any atom is -0.495 e. The van der Waals surface area contributed by atoms with E-state index in [9.17, 15) is 4.79 Å². The molecule has 0 radical (unpaired) electrons. The third-order valence-electron chi connectivity index (χ3n) is 6.36. The Bertz CT molecular complexity index is 814.